The number of carbonyl (C=O) groups excluding carboxylic acids is 1. The summed E-state index contributed by atoms with van der Waals surface area (Å²) in [6, 6.07) is 0. The average Bonchev–Trinajstić information content (AvgIpc) is 3.04. The molecule has 2 aromatic heterocycles. The van der Waals surface area contributed by atoms with Gasteiger partial charge < -0.3 is 14.2 Å². The number of rotatable bonds is 5. The lowest BCUT2D eigenvalue weighted by Gasteiger charge is -2.32. The number of hydrogen-bond acceptors (Lipinski definition) is 5. The van der Waals surface area contributed by atoms with E-state index in [1.54, 1.807) is 18.0 Å². The molecule has 3 heterocycles. The van der Waals surface area contributed by atoms with Crippen LogP contribution in [-0.2, 0) is 17.8 Å². The standard InChI is InChI=1S/C16H20N4O2S/c1-22-7-12-5-19(16(21)14-8-23-10-18-14)6-13-15(12)20(9-17-13)4-11-2-3-11/h8-12H,2-7H2,1H3/t12-/m1/s1. The molecule has 0 saturated heterocycles. The highest BCUT2D eigenvalue weighted by Crippen LogP contribution is 2.34. The lowest BCUT2D eigenvalue weighted by molar-refractivity contribution is 0.0667. The summed E-state index contributed by atoms with van der Waals surface area (Å²) in [6.07, 6.45) is 4.56. The van der Waals surface area contributed by atoms with Crippen LogP contribution in [0.2, 0.25) is 0 Å². The summed E-state index contributed by atoms with van der Waals surface area (Å²) in [6.45, 7) is 2.86. The van der Waals surface area contributed by atoms with Gasteiger partial charge in [-0.3, -0.25) is 4.79 Å². The Balaban J connectivity index is 1.60. The van der Waals surface area contributed by atoms with E-state index < -0.39 is 0 Å². The summed E-state index contributed by atoms with van der Waals surface area (Å²) in [4.78, 5) is 23.2. The number of imidazole rings is 1. The normalized spacial score (nSPS) is 20.6. The number of thiazole rings is 1. The molecule has 0 unspecified atom stereocenters. The molecule has 7 heteroatoms. The van der Waals surface area contributed by atoms with E-state index in [1.165, 1.54) is 29.9 Å². The summed E-state index contributed by atoms with van der Waals surface area (Å²) in [5.74, 6) is 0.952. The van der Waals surface area contributed by atoms with E-state index in [1.807, 2.05) is 11.2 Å². The van der Waals surface area contributed by atoms with Crippen molar-refractivity contribution in [1.82, 2.24) is 19.4 Å². The van der Waals surface area contributed by atoms with E-state index in [0.29, 0.717) is 25.4 Å². The number of carbonyl (C=O) groups is 1. The first-order valence-electron chi connectivity index (χ1n) is 7.96. The van der Waals surface area contributed by atoms with Gasteiger partial charge in [0.25, 0.3) is 5.91 Å². The van der Waals surface area contributed by atoms with Crippen LogP contribution in [0, 0.1) is 5.92 Å². The fourth-order valence-corrected chi connectivity index (χ4v) is 3.84. The molecule has 1 atom stereocenters. The number of methoxy groups -OCH3 is 1. The van der Waals surface area contributed by atoms with Crippen molar-refractivity contribution in [2.75, 3.05) is 20.3 Å². The van der Waals surface area contributed by atoms with Crippen LogP contribution in [0.3, 0.4) is 0 Å². The van der Waals surface area contributed by atoms with E-state index in [-0.39, 0.29) is 11.8 Å². The van der Waals surface area contributed by atoms with Gasteiger partial charge in [0.2, 0.25) is 0 Å². The van der Waals surface area contributed by atoms with Crippen molar-refractivity contribution in [3.05, 3.63) is 34.3 Å². The Hall–Kier alpha value is -1.73. The van der Waals surface area contributed by atoms with Gasteiger partial charge in [-0.1, -0.05) is 0 Å². The average molecular weight is 332 g/mol. The highest BCUT2D eigenvalue weighted by Gasteiger charge is 2.34. The van der Waals surface area contributed by atoms with Gasteiger partial charge in [-0.15, -0.1) is 11.3 Å². The second-order valence-corrected chi connectivity index (χ2v) is 7.10. The minimum absolute atomic E-state index is 0.0188. The van der Waals surface area contributed by atoms with Gasteiger partial charge in [0, 0.05) is 37.2 Å². The van der Waals surface area contributed by atoms with Gasteiger partial charge in [0.05, 0.1) is 30.7 Å². The molecule has 23 heavy (non-hydrogen) atoms. The van der Waals surface area contributed by atoms with Crippen molar-refractivity contribution >= 4 is 17.2 Å². The van der Waals surface area contributed by atoms with Gasteiger partial charge in [-0.25, -0.2) is 9.97 Å². The van der Waals surface area contributed by atoms with Gasteiger partial charge in [-0.2, -0.15) is 0 Å². The van der Waals surface area contributed by atoms with Crippen molar-refractivity contribution in [1.29, 1.82) is 0 Å². The number of hydrogen-bond donors (Lipinski definition) is 0. The summed E-state index contributed by atoms with van der Waals surface area (Å²) in [5, 5.41) is 1.80. The van der Waals surface area contributed by atoms with Crippen LogP contribution in [0.15, 0.2) is 17.2 Å². The van der Waals surface area contributed by atoms with Crippen LogP contribution in [0.4, 0.5) is 0 Å². The molecule has 122 valence electrons. The molecule has 0 bridgehead atoms. The number of amides is 1. The first kappa shape index (κ1) is 14.8. The van der Waals surface area contributed by atoms with Crippen LogP contribution in [0.1, 0.15) is 40.6 Å². The highest BCUT2D eigenvalue weighted by molar-refractivity contribution is 7.07. The van der Waals surface area contributed by atoms with Crippen molar-refractivity contribution in [2.45, 2.75) is 31.8 Å². The van der Waals surface area contributed by atoms with Crippen molar-refractivity contribution < 1.29 is 9.53 Å². The lowest BCUT2D eigenvalue weighted by atomic mass is 9.98. The third-order valence-electron chi connectivity index (χ3n) is 4.58. The molecular weight excluding hydrogens is 312 g/mol. The third-order valence-corrected chi connectivity index (χ3v) is 5.17. The quantitative estimate of drug-likeness (QED) is 0.842. The summed E-state index contributed by atoms with van der Waals surface area (Å²) in [7, 11) is 1.71. The van der Waals surface area contributed by atoms with Crippen LogP contribution >= 0.6 is 11.3 Å². The van der Waals surface area contributed by atoms with Gasteiger partial charge in [0.1, 0.15) is 5.69 Å². The predicted octanol–water partition coefficient (Wildman–Crippen LogP) is 2.14. The van der Waals surface area contributed by atoms with Crippen molar-refractivity contribution in [3.8, 4) is 0 Å². The Morgan fingerprint density at radius 2 is 2.30 bits per heavy atom. The maximum atomic E-state index is 12.6. The van der Waals surface area contributed by atoms with Crippen molar-refractivity contribution in [2.24, 2.45) is 5.92 Å². The summed E-state index contributed by atoms with van der Waals surface area (Å²) < 4.78 is 7.69. The summed E-state index contributed by atoms with van der Waals surface area (Å²) in [5.41, 5.74) is 4.47. The molecule has 0 spiro atoms. The zero-order valence-electron chi connectivity index (χ0n) is 13.1. The highest BCUT2D eigenvalue weighted by atomic mass is 32.1. The van der Waals surface area contributed by atoms with E-state index in [9.17, 15) is 4.79 Å². The first-order chi connectivity index (χ1) is 11.3. The van der Waals surface area contributed by atoms with Gasteiger partial charge >= 0.3 is 0 Å². The number of aromatic nitrogens is 3. The molecule has 1 saturated carbocycles. The molecule has 0 N–H and O–H groups in total. The van der Waals surface area contributed by atoms with Crippen LogP contribution in [0.25, 0.3) is 0 Å². The van der Waals surface area contributed by atoms with E-state index in [4.69, 9.17) is 4.74 Å². The van der Waals surface area contributed by atoms with Crippen LogP contribution < -0.4 is 0 Å². The molecular formula is C16H20N4O2S. The number of ether oxygens (including phenoxy) is 1. The van der Waals surface area contributed by atoms with Crippen LogP contribution in [-0.4, -0.2) is 45.6 Å². The molecule has 4 rings (SSSR count). The molecule has 6 nitrogen and oxygen atoms in total. The Morgan fingerprint density at radius 3 is 3.00 bits per heavy atom. The van der Waals surface area contributed by atoms with Gasteiger partial charge in [-0.05, 0) is 18.8 Å². The Morgan fingerprint density at radius 1 is 1.43 bits per heavy atom. The van der Waals surface area contributed by atoms with Gasteiger partial charge in [0.15, 0.2) is 0 Å². The molecule has 1 aliphatic heterocycles. The molecule has 1 amide bonds. The SMILES string of the molecule is COC[C@H]1CN(C(=O)c2cscn2)Cc2ncn(CC3CC3)c21. The first-order valence-corrected chi connectivity index (χ1v) is 8.91. The molecule has 2 aromatic rings. The zero-order chi connectivity index (χ0) is 15.8. The largest absolute Gasteiger partial charge is 0.384 e. The molecule has 0 aromatic carbocycles. The molecule has 2 aliphatic rings. The minimum atomic E-state index is -0.0188. The van der Waals surface area contributed by atoms with E-state index in [0.717, 1.165) is 18.2 Å². The molecule has 1 aliphatic carbocycles. The topological polar surface area (TPSA) is 60.2 Å². The Bertz CT molecular complexity index is 693. The smallest absolute Gasteiger partial charge is 0.273 e. The predicted molar refractivity (Wildman–Crippen MR) is 86.4 cm³/mol. The maximum absolute atomic E-state index is 12.6. The minimum Gasteiger partial charge on any atom is -0.384 e. The van der Waals surface area contributed by atoms with Crippen molar-refractivity contribution in [3.63, 3.8) is 0 Å². The monoisotopic (exact) mass is 332 g/mol. The van der Waals surface area contributed by atoms with Crippen LogP contribution in [0.5, 0.6) is 0 Å². The fraction of sp³-hybridized carbons (Fsp3) is 0.562. The second-order valence-electron chi connectivity index (χ2n) is 6.38. The summed E-state index contributed by atoms with van der Waals surface area (Å²) >= 11 is 1.44. The number of nitrogens with zero attached hydrogens (tertiary/aromatic N) is 4. The lowest BCUT2D eigenvalue weighted by Crippen LogP contribution is -2.40. The molecule has 0 radical (unpaired) electrons. The van der Waals surface area contributed by atoms with E-state index in [2.05, 4.69) is 14.5 Å². The molecule has 1 fully saturated rings. The Labute approximate surface area is 139 Å². The second kappa shape index (κ2) is 6.05. The zero-order valence-corrected chi connectivity index (χ0v) is 14.0. The fourth-order valence-electron chi connectivity index (χ4n) is 3.32. The Kier molecular flexibility index (Phi) is 3.90. The number of fused-ring (bicyclic) bond motifs is 1. The maximum Gasteiger partial charge on any atom is 0.273 e. The van der Waals surface area contributed by atoms with E-state index >= 15 is 0 Å². The third kappa shape index (κ3) is 2.90.